The Hall–Kier alpha value is -3.22. The van der Waals surface area contributed by atoms with E-state index in [1.807, 2.05) is 35.9 Å². The third-order valence-electron chi connectivity index (χ3n) is 4.18. The van der Waals surface area contributed by atoms with Crippen LogP contribution in [0.5, 0.6) is 0 Å². The lowest BCUT2D eigenvalue weighted by molar-refractivity contribution is -0.120. The molecule has 6 nitrogen and oxygen atoms in total. The number of nitrogens with zero attached hydrogens (tertiary/aromatic N) is 3. The Morgan fingerprint density at radius 3 is 3.04 bits per heavy atom. The van der Waals surface area contributed by atoms with Gasteiger partial charge >= 0.3 is 0 Å². The number of hydrogen-bond acceptors (Lipinski definition) is 3. The maximum atomic E-state index is 13.2. The molecule has 3 heterocycles. The van der Waals surface area contributed by atoms with Gasteiger partial charge in [-0.1, -0.05) is 0 Å². The average molecular weight is 351 g/mol. The zero-order chi connectivity index (χ0) is 18.1. The average Bonchev–Trinajstić information content (AvgIpc) is 3.16. The Kier molecular flexibility index (Phi) is 4.12. The summed E-state index contributed by atoms with van der Waals surface area (Å²) in [5.41, 5.74) is 4.07. The Balaban J connectivity index is 1.34. The maximum absolute atomic E-state index is 13.2. The molecule has 0 aliphatic rings. The van der Waals surface area contributed by atoms with Gasteiger partial charge in [-0.15, -0.1) is 0 Å². The second-order valence-electron chi connectivity index (χ2n) is 6.32. The van der Waals surface area contributed by atoms with E-state index < -0.39 is 0 Å². The van der Waals surface area contributed by atoms with Crippen molar-refractivity contribution in [2.24, 2.45) is 0 Å². The number of aromatic nitrogens is 4. The second kappa shape index (κ2) is 6.59. The van der Waals surface area contributed by atoms with E-state index in [2.05, 4.69) is 20.3 Å². The molecule has 1 amide bonds. The van der Waals surface area contributed by atoms with Gasteiger partial charge in [0.05, 0.1) is 23.1 Å². The van der Waals surface area contributed by atoms with Gasteiger partial charge in [0, 0.05) is 25.4 Å². The standard InChI is InChI=1S/C19H18FN5O/c1-12-5-7-25-11-14(22-18(25)8-12)10-19(26)21-6-4-17-23-15-3-2-13(20)9-16(15)24-17/h2-3,5,7-9,11H,4,6,10H2,1H3,(H,21,26)(H,23,24). The predicted octanol–water partition coefficient (Wildman–Crippen LogP) is 2.56. The van der Waals surface area contributed by atoms with Crippen LogP contribution in [0.25, 0.3) is 16.7 Å². The van der Waals surface area contributed by atoms with Gasteiger partial charge < -0.3 is 14.7 Å². The van der Waals surface area contributed by atoms with Crippen LogP contribution >= 0.6 is 0 Å². The maximum Gasteiger partial charge on any atom is 0.226 e. The van der Waals surface area contributed by atoms with E-state index in [-0.39, 0.29) is 18.1 Å². The Labute approximate surface area is 149 Å². The molecule has 0 radical (unpaired) electrons. The topological polar surface area (TPSA) is 75.1 Å². The summed E-state index contributed by atoms with van der Waals surface area (Å²) in [7, 11) is 0. The quantitative estimate of drug-likeness (QED) is 0.580. The van der Waals surface area contributed by atoms with Crippen molar-refractivity contribution in [1.82, 2.24) is 24.7 Å². The first kappa shape index (κ1) is 16.3. The normalized spacial score (nSPS) is 11.3. The molecule has 4 rings (SSSR count). The summed E-state index contributed by atoms with van der Waals surface area (Å²) in [5.74, 6) is 0.324. The van der Waals surface area contributed by atoms with Crippen LogP contribution in [0.15, 0.2) is 42.7 Å². The summed E-state index contributed by atoms with van der Waals surface area (Å²) in [4.78, 5) is 24.0. The lowest BCUT2D eigenvalue weighted by Gasteiger charge is -2.02. The molecule has 7 heteroatoms. The number of carbonyl (C=O) groups is 1. The lowest BCUT2D eigenvalue weighted by atomic mass is 10.3. The number of fused-ring (bicyclic) bond motifs is 2. The molecule has 0 spiro atoms. The number of carbonyl (C=O) groups excluding carboxylic acids is 1. The summed E-state index contributed by atoms with van der Waals surface area (Å²) in [6, 6.07) is 8.40. The third kappa shape index (κ3) is 3.42. The molecule has 0 atom stereocenters. The van der Waals surface area contributed by atoms with Crippen molar-refractivity contribution in [2.75, 3.05) is 6.54 Å². The number of halogens is 1. The van der Waals surface area contributed by atoms with E-state index in [0.29, 0.717) is 29.8 Å². The molecule has 4 aromatic rings. The zero-order valence-electron chi connectivity index (χ0n) is 14.3. The zero-order valence-corrected chi connectivity index (χ0v) is 14.3. The fourth-order valence-corrected chi connectivity index (χ4v) is 2.92. The van der Waals surface area contributed by atoms with E-state index >= 15 is 0 Å². The van der Waals surface area contributed by atoms with Crippen LogP contribution in [0.2, 0.25) is 0 Å². The minimum atomic E-state index is -0.302. The summed E-state index contributed by atoms with van der Waals surface area (Å²) < 4.78 is 15.1. The number of aromatic amines is 1. The number of rotatable bonds is 5. The molecule has 0 fully saturated rings. The number of nitrogens with one attached hydrogen (secondary N) is 2. The fraction of sp³-hybridized carbons (Fsp3) is 0.211. The van der Waals surface area contributed by atoms with Crippen molar-refractivity contribution >= 4 is 22.6 Å². The largest absolute Gasteiger partial charge is 0.355 e. The van der Waals surface area contributed by atoms with Crippen molar-refractivity contribution in [3.05, 3.63) is 65.6 Å². The van der Waals surface area contributed by atoms with Crippen molar-refractivity contribution in [3.63, 3.8) is 0 Å². The van der Waals surface area contributed by atoms with E-state index in [0.717, 1.165) is 16.9 Å². The summed E-state index contributed by atoms with van der Waals surface area (Å²) in [5, 5.41) is 2.87. The lowest BCUT2D eigenvalue weighted by Crippen LogP contribution is -2.27. The molecule has 0 aliphatic heterocycles. The Bertz CT molecular complexity index is 1100. The molecule has 2 N–H and O–H groups in total. The van der Waals surface area contributed by atoms with Crippen LogP contribution in [0.4, 0.5) is 4.39 Å². The Morgan fingerprint density at radius 2 is 2.15 bits per heavy atom. The highest BCUT2D eigenvalue weighted by molar-refractivity contribution is 5.78. The first-order chi connectivity index (χ1) is 12.6. The molecule has 0 aliphatic carbocycles. The SMILES string of the molecule is Cc1ccn2cc(CC(=O)NCCc3nc4ccc(F)cc4[nH]3)nc2c1. The molecule has 0 bridgehead atoms. The molecule has 132 valence electrons. The first-order valence-corrected chi connectivity index (χ1v) is 8.42. The van der Waals surface area contributed by atoms with Crippen LogP contribution in [0, 0.1) is 12.7 Å². The van der Waals surface area contributed by atoms with Crippen molar-refractivity contribution in [2.45, 2.75) is 19.8 Å². The van der Waals surface area contributed by atoms with Gasteiger partial charge in [0.15, 0.2) is 0 Å². The number of aryl methyl sites for hydroxylation is 1. The number of benzene rings is 1. The van der Waals surface area contributed by atoms with E-state index in [4.69, 9.17) is 0 Å². The molecule has 1 aromatic carbocycles. The van der Waals surface area contributed by atoms with Gasteiger partial charge in [-0.2, -0.15) is 0 Å². The highest BCUT2D eigenvalue weighted by Gasteiger charge is 2.09. The monoisotopic (exact) mass is 351 g/mol. The molecule has 26 heavy (non-hydrogen) atoms. The highest BCUT2D eigenvalue weighted by Crippen LogP contribution is 2.13. The van der Waals surface area contributed by atoms with Gasteiger partial charge in [-0.25, -0.2) is 14.4 Å². The van der Waals surface area contributed by atoms with Crippen molar-refractivity contribution in [3.8, 4) is 0 Å². The molecule has 0 unspecified atom stereocenters. The van der Waals surface area contributed by atoms with E-state index in [1.165, 1.54) is 12.1 Å². The van der Waals surface area contributed by atoms with Crippen LogP contribution in [-0.4, -0.2) is 31.8 Å². The minimum absolute atomic E-state index is 0.0905. The number of H-pyrrole nitrogens is 1. The van der Waals surface area contributed by atoms with Crippen LogP contribution in [0.3, 0.4) is 0 Å². The second-order valence-corrected chi connectivity index (χ2v) is 6.32. The van der Waals surface area contributed by atoms with Crippen LogP contribution < -0.4 is 5.32 Å². The van der Waals surface area contributed by atoms with Crippen LogP contribution in [-0.2, 0) is 17.6 Å². The molecule has 0 saturated heterocycles. The number of amides is 1. The third-order valence-corrected chi connectivity index (χ3v) is 4.18. The van der Waals surface area contributed by atoms with Gasteiger partial charge in [0.1, 0.15) is 17.3 Å². The molecule has 3 aromatic heterocycles. The van der Waals surface area contributed by atoms with Gasteiger partial charge in [-0.05, 0) is 42.8 Å². The van der Waals surface area contributed by atoms with E-state index in [1.54, 1.807) is 6.07 Å². The van der Waals surface area contributed by atoms with Crippen molar-refractivity contribution in [1.29, 1.82) is 0 Å². The number of pyridine rings is 1. The van der Waals surface area contributed by atoms with E-state index in [9.17, 15) is 9.18 Å². The summed E-state index contributed by atoms with van der Waals surface area (Å²) >= 11 is 0. The molecular weight excluding hydrogens is 333 g/mol. The van der Waals surface area contributed by atoms with Gasteiger partial charge in [0.25, 0.3) is 0 Å². The fourth-order valence-electron chi connectivity index (χ4n) is 2.92. The van der Waals surface area contributed by atoms with Gasteiger partial charge in [0.2, 0.25) is 5.91 Å². The minimum Gasteiger partial charge on any atom is -0.355 e. The first-order valence-electron chi connectivity index (χ1n) is 8.42. The highest BCUT2D eigenvalue weighted by atomic mass is 19.1. The summed E-state index contributed by atoms with van der Waals surface area (Å²) in [6.07, 6.45) is 4.57. The van der Waals surface area contributed by atoms with Crippen LogP contribution in [0.1, 0.15) is 17.1 Å². The van der Waals surface area contributed by atoms with Crippen molar-refractivity contribution < 1.29 is 9.18 Å². The predicted molar refractivity (Wildman–Crippen MR) is 96.4 cm³/mol. The Morgan fingerprint density at radius 1 is 1.27 bits per heavy atom. The molecule has 0 saturated carbocycles. The number of imidazole rings is 2. The van der Waals surface area contributed by atoms with Gasteiger partial charge in [-0.3, -0.25) is 4.79 Å². The number of hydrogen-bond donors (Lipinski definition) is 2. The smallest absolute Gasteiger partial charge is 0.226 e. The summed E-state index contributed by atoms with van der Waals surface area (Å²) in [6.45, 7) is 2.46. The molecular formula is C19H18FN5O.